The number of hydrogen-bond acceptors (Lipinski definition) is 3. The Morgan fingerprint density at radius 1 is 1.30 bits per heavy atom. The van der Waals surface area contributed by atoms with E-state index in [0.29, 0.717) is 12.8 Å². The van der Waals surface area contributed by atoms with E-state index in [4.69, 9.17) is 5.11 Å². The van der Waals surface area contributed by atoms with Gasteiger partial charge in [0.1, 0.15) is 11.8 Å². The molecule has 0 radical (unpaired) electrons. The summed E-state index contributed by atoms with van der Waals surface area (Å²) in [4.78, 5) is 22.7. The molecule has 0 aromatic heterocycles. The predicted molar refractivity (Wildman–Crippen MR) is 66.9 cm³/mol. The fraction of sp³-hybridized carbons (Fsp3) is 0.385. The average molecular weight is 287 g/mol. The van der Waals surface area contributed by atoms with Crippen LogP contribution in [0.4, 0.5) is 8.78 Å². The molecular weight excluding hydrogens is 272 g/mol. The Balaban J connectivity index is 2.69. The molecule has 0 bridgehead atoms. The number of carbonyl (C=O) groups is 2. The minimum absolute atomic E-state index is 0.0695. The number of benzene rings is 1. The summed E-state index contributed by atoms with van der Waals surface area (Å²) in [6, 6.07) is 4.05. The SMILES string of the molecule is CCCC(NC(=O)c1ccc(OC(F)F)cc1)C(=O)O. The lowest BCUT2D eigenvalue weighted by Crippen LogP contribution is -2.40. The minimum Gasteiger partial charge on any atom is -0.480 e. The highest BCUT2D eigenvalue weighted by atomic mass is 19.3. The van der Waals surface area contributed by atoms with Crippen molar-refractivity contribution in [3.8, 4) is 5.75 Å². The van der Waals surface area contributed by atoms with Gasteiger partial charge in [-0.05, 0) is 30.7 Å². The number of aliphatic carboxylic acids is 1. The Morgan fingerprint density at radius 3 is 2.35 bits per heavy atom. The maximum absolute atomic E-state index is 12.0. The Morgan fingerprint density at radius 2 is 1.90 bits per heavy atom. The van der Waals surface area contributed by atoms with Gasteiger partial charge in [-0.25, -0.2) is 4.79 Å². The maximum Gasteiger partial charge on any atom is 0.387 e. The standard InChI is InChI=1S/C13H15F2NO4/c1-2-3-10(12(18)19)16-11(17)8-4-6-9(7-5-8)20-13(14)15/h4-7,10,13H,2-3H2,1H3,(H,16,17)(H,18,19). The van der Waals surface area contributed by atoms with Gasteiger partial charge in [-0.1, -0.05) is 13.3 Å². The Kier molecular flexibility index (Phi) is 5.89. The normalized spacial score (nSPS) is 12.0. The largest absolute Gasteiger partial charge is 0.480 e. The number of carboxylic acid groups (broad SMARTS) is 1. The van der Waals surface area contributed by atoms with E-state index in [9.17, 15) is 18.4 Å². The number of alkyl halides is 2. The number of rotatable bonds is 7. The van der Waals surface area contributed by atoms with E-state index < -0.39 is 24.5 Å². The van der Waals surface area contributed by atoms with Gasteiger partial charge in [0, 0.05) is 5.56 Å². The van der Waals surface area contributed by atoms with Crippen LogP contribution in [0, 0.1) is 0 Å². The Hall–Kier alpha value is -2.18. The first-order chi connectivity index (χ1) is 9.43. The fourth-order valence-corrected chi connectivity index (χ4v) is 1.58. The minimum atomic E-state index is -2.93. The van der Waals surface area contributed by atoms with Crippen LogP contribution >= 0.6 is 0 Å². The van der Waals surface area contributed by atoms with E-state index >= 15 is 0 Å². The molecule has 1 aromatic rings. The molecule has 20 heavy (non-hydrogen) atoms. The van der Waals surface area contributed by atoms with Crippen molar-refractivity contribution in [3.05, 3.63) is 29.8 Å². The quantitative estimate of drug-likeness (QED) is 0.806. The van der Waals surface area contributed by atoms with Gasteiger partial charge in [-0.3, -0.25) is 4.79 Å². The molecule has 1 unspecified atom stereocenters. The first-order valence-corrected chi connectivity index (χ1v) is 6.02. The third-order valence-corrected chi connectivity index (χ3v) is 2.52. The monoisotopic (exact) mass is 287 g/mol. The second kappa shape index (κ2) is 7.42. The number of halogens is 2. The van der Waals surface area contributed by atoms with E-state index in [1.54, 1.807) is 6.92 Å². The van der Waals surface area contributed by atoms with E-state index in [2.05, 4.69) is 10.1 Å². The molecule has 1 aromatic carbocycles. The van der Waals surface area contributed by atoms with Gasteiger partial charge in [0.15, 0.2) is 0 Å². The van der Waals surface area contributed by atoms with E-state index in [-0.39, 0.29) is 11.3 Å². The van der Waals surface area contributed by atoms with Crippen LogP contribution in [0.2, 0.25) is 0 Å². The van der Waals surface area contributed by atoms with Crippen LogP contribution < -0.4 is 10.1 Å². The first kappa shape index (κ1) is 15.9. The first-order valence-electron chi connectivity index (χ1n) is 6.02. The number of nitrogens with one attached hydrogen (secondary N) is 1. The van der Waals surface area contributed by atoms with Crippen LogP contribution in [0.15, 0.2) is 24.3 Å². The molecule has 0 fully saturated rings. The number of amides is 1. The summed E-state index contributed by atoms with van der Waals surface area (Å²) in [5.41, 5.74) is 0.175. The van der Waals surface area contributed by atoms with Crippen LogP contribution in [-0.2, 0) is 4.79 Å². The zero-order valence-corrected chi connectivity index (χ0v) is 10.8. The number of ether oxygens (including phenoxy) is 1. The van der Waals surface area contributed by atoms with Gasteiger partial charge in [0.2, 0.25) is 0 Å². The smallest absolute Gasteiger partial charge is 0.387 e. The number of hydrogen-bond donors (Lipinski definition) is 2. The summed E-state index contributed by atoms with van der Waals surface area (Å²) < 4.78 is 28.1. The zero-order valence-electron chi connectivity index (χ0n) is 10.8. The fourth-order valence-electron chi connectivity index (χ4n) is 1.58. The molecule has 5 nitrogen and oxygen atoms in total. The van der Waals surface area contributed by atoms with E-state index in [1.165, 1.54) is 24.3 Å². The van der Waals surface area contributed by atoms with Crippen LogP contribution in [0.3, 0.4) is 0 Å². The Bertz CT molecular complexity index is 462. The van der Waals surface area contributed by atoms with Gasteiger partial charge >= 0.3 is 12.6 Å². The molecule has 0 aliphatic carbocycles. The van der Waals surface area contributed by atoms with E-state index in [0.717, 1.165) is 0 Å². The lowest BCUT2D eigenvalue weighted by Gasteiger charge is -2.13. The molecule has 2 N–H and O–H groups in total. The third kappa shape index (κ3) is 4.83. The van der Waals surface area contributed by atoms with Crippen molar-refractivity contribution in [2.24, 2.45) is 0 Å². The topological polar surface area (TPSA) is 75.6 Å². The molecule has 0 aliphatic heterocycles. The lowest BCUT2D eigenvalue weighted by atomic mass is 10.1. The number of carbonyl (C=O) groups excluding carboxylic acids is 1. The highest BCUT2D eigenvalue weighted by Gasteiger charge is 2.19. The molecule has 0 heterocycles. The van der Waals surface area contributed by atoms with Gasteiger partial charge in [0.25, 0.3) is 5.91 Å². The molecular formula is C13H15F2NO4. The van der Waals surface area contributed by atoms with Crippen molar-refractivity contribution in [1.82, 2.24) is 5.32 Å². The highest BCUT2D eigenvalue weighted by Crippen LogP contribution is 2.15. The molecule has 1 amide bonds. The van der Waals surface area contributed by atoms with E-state index in [1.807, 2.05) is 0 Å². The van der Waals surface area contributed by atoms with Crippen LogP contribution in [0.1, 0.15) is 30.1 Å². The third-order valence-electron chi connectivity index (χ3n) is 2.52. The van der Waals surface area contributed by atoms with Crippen molar-refractivity contribution in [2.45, 2.75) is 32.4 Å². The predicted octanol–water partition coefficient (Wildman–Crippen LogP) is 2.27. The van der Waals surface area contributed by atoms with Crippen molar-refractivity contribution < 1.29 is 28.2 Å². The molecule has 1 atom stereocenters. The second-order valence-electron chi connectivity index (χ2n) is 4.06. The molecule has 0 saturated carbocycles. The molecule has 0 aliphatic rings. The molecule has 1 rings (SSSR count). The summed E-state index contributed by atoms with van der Waals surface area (Å²) in [6.45, 7) is -1.13. The van der Waals surface area contributed by atoms with Gasteiger partial charge in [-0.15, -0.1) is 0 Å². The maximum atomic E-state index is 12.0. The molecule has 0 saturated heterocycles. The van der Waals surface area contributed by atoms with Gasteiger partial charge in [-0.2, -0.15) is 8.78 Å². The van der Waals surface area contributed by atoms with Crippen molar-refractivity contribution in [3.63, 3.8) is 0 Å². The molecule has 7 heteroatoms. The van der Waals surface area contributed by atoms with Gasteiger partial charge in [0.05, 0.1) is 0 Å². The average Bonchev–Trinajstić information content (AvgIpc) is 2.38. The second-order valence-corrected chi connectivity index (χ2v) is 4.06. The van der Waals surface area contributed by atoms with Gasteiger partial charge < -0.3 is 15.2 Å². The van der Waals surface area contributed by atoms with Crippen LogP contribution in [0.25, 0.3) is 0 Å². The van der Waals surface area contributed by atoms with Crippen molar-refractivity contribution in [2.75, 3.05) is 0 Å². The highest BCUT2D eigenvalue weighted by molar-refractivity contribution is 5.96. The summed E-state index contributed by atoms with van der Waals surface area (Å²) >= 11 is 0. The summed E-state index contributed by atoms with van der Waals surface area (Å²) in [5.74, 6) is -1.76. The summed E-state index contributed by atoms with van der Waals surface area (Å²) in [7, 11) is 0. The summed E-state index contributed by atoms with van der Waals surface area (Å²) in [6.07, 6.45) is 0.923. The zero-order chi connectivity index (χ0) is 15.1. The van der Waals surface area contributed by atoms with Crippen molar-refractivity contribution >= 4 is 11.9 Å². The molecule has 110 valence electrons. The Labute approximate surface area is 114 Å². The van der Waals surface area contributed by atoms with Crippen LogP contribution in [-0.4, -0.2) is 29.6 Å². The number of carboxylic acids is 1. The van der Waals surface area contributed by atoms with Crippen molar-refractivity contribution in [1.29, 1.82) is 0 Å². The lowest BCUT2D eigenvalue weighted by molar-refractivity contribution is -0.139. The molecule has 0 spiro atoms. The summed E-state index contributed by atoms with van der Waals surface area (Å²) in [5, 5.41) is 11.3. The van der Waals surface area contributed by atoms with Crippen LogP contribution in [0.5, 0.6) is 5.75 Å².